The van der Waals surface area contributed by atoms with Gasteiger partial charge in [-0.15, -0.1) is 0 Å². The van der Waals surface area contributed by atoms with Gasteiger partial charge in [-0.1, -0.05) is 72.8 Å². The summed E-state index contributed by atoms with van der Waals surface area (Å²) in [5.74, 6) is 0. The molecule has 10 aromatic rings. The molecule has 5 heteroatoms. The van der Waals surface area contributed by atoms with Gasteiger partial charge in [0, 0.05) is 62.3 Å². The van der Waals surface area contributed by atoms with Crippen LogP contribution in [0.2, 0.25) is 0 Å². The van der Waals surface area contributed by atoms with E-state index in [1.807, 2.05) is 18.6 Å². The highest BCUT2D eigenvalue weighted by molar-refractivity contribution is 6.42. The third kappa shape index (κ3) is 2.85. The molecule has 43 heavy (non-hydrogen) atoms. The zero-order chi connectivity index (χ0) is 28.1. The third-order valence-electron chi connectivity index (χ3n) is 8.95. The fourth-order valence-electron chi connectivity index (χ4n) is 7.34. The SMILES string of the molecule is c1ccc(-n2c3ccccc3c3c4c5ccncc5n5ccnc5c4c4c(c5ccccc5n4-c4ccccc4)c32)cc1. The Morgan fingerprint density at radius 1 is 0.442 bits per heavy atom. The maximum absolute atomic E-state index is 5.02. The minimum Gasteiger partial charge on any atom is -0.309 e. The largest absolute Gasteiger partial charge is 0.309 e. The first kappa shape index (κ1) is 22.7. The molecule has 200 valence electrons. The molecule has 0 fully saturated rings. The summed E-state index contributed by atoms with van der Waals surface area (Å²) in [6.07, 6.45) is 7.82. The summed E-state index contributed by atoms with van der Waals surface area (Å²) in [5.41, 5.74) is 8.94. The fourth-order valence-corrected chi connectivity index (χ4v) is 7.34. The number of imidazole rings is 1. The molecule has 0 amide bonds. The molecular formula is C38H23N5. The number of pyridine rings is 2. The predicted molar refractivity (Wildman–Crippen MR) is 177 cm³/mol. The number of fused-ring (bicyclic) bond motifs is 15. The van der Waals surface area contributed by atoms with Crippen molar-refractivity contribution in [2.45, 2.75) is 0 Å². The number of aromatic nitrogens is 5. The van der Waals surface area contributed by atoms with E-state index < -0.39 is 0 Å². The van der Waals surface area contributed by atoms with E-state index in [-0.39, 0.29) is 0 Å². The van der Waals surface area contributed by atoms with E-state index in [9.17, 15) is 0 Å². The molecule has 0 spiro atoms. The van der Waals surface area contributed by atoms with Crippen molar-refractivity contribution in [2.75, 3.05) is 0 Å². The van der Waals surface area contributed by atoms with Gasteiger partial charge in [-0.2, -0.15) is 0 Å². The van der Waals surface area contributed by atoms with Gasteiger partial charge in [-0.3, -0.25) is 9.38 Å². The molecule has 5 aromatic carbocycles. The van der Waals surface area contributed by atoms with Gasteiger partial charge in [0.05, 0.1) is 39.2 Å². The molecule has 5 aromatic heterocycles. The lowest BCUT2D eigenvalue weighted by Crippen LogP contribution is -1.99. The van der Waals surface area contributed by atoms with Crippen molar-refractivity contribution in [3.8, 4) is 11.4 Å². The van der Waals surface area contributed by atoms with E-state index in [2.05, 4.69) is 140 Å². The van der Waals surface area contributed by atoms with Crippen LogP contribution in [0.5, 0.6) is 0 Å². The number of benzene rings is 5. The Kier molecular flexibility index (Phi) is 4.39. The number of para-hydroxylation sites is 4. The van der Waals surface area contributed by atoms with Gasteiger partial charge < -0.3 is 9.13 Å². The highest BCUT2D eigenvalue weighted by atomic mass is 15.0. The number of nitrogens with zero attached hydrogens (tertiary/aromatic N) is 5. The van der Waals surface area contributed by atoms with E-state index in [0.717, 1.165) is 38.8 Å². The Bertz CT molecular complexity index is 2710. The molecule has 0 aliphatic heterocycles. The first-order valence-electron chi connectivity index (χ1n) is 14.5. The monoisotopic (exact) mass is 549 g/mol. The van der Waals surface area contributed by atoms with E-state index in [1.165, 1.54) is 43.5 Å². The number of hydrogen-bond acceptors (Lipinski definition) is 2. The fraction of sp³-hybridized carbons (Fsp3) is 0. The highest BCUT2D eigenvalue weighted by Gasteiger charge is 2.27. The molecular weight excluding hydrogens is 526 g/mol. The average Bonchev–Trinajstić information content (AvgIpc) is 3.78. The normalized spacial score (nSPS) is 12.2. The molecule has 0 unspecified atom stereocenters. The molecule has 0 saturated carbocycles. The summed E-state index contributed by atoms with van der Waals surface area (Å²) < 4.78 is 7.08. The van der Waals surface area contributed by atoms with Crippen LogP contribution in [0.1, 0.15) is 0 Å². The van der Waals surface area contributed by atoms with Gasteiger partial charge in [-0.05, 0) is 42.5 Å². The van der Waals surface area contributed by atoms with Crippen LogP contribution in [0.15, 0.2) is 140 Å². The van der Waals surface area contributed by atoms with Gasteiger partial charge in [0.15, 0.2) is 0 Å². The number of rotatable bonds is 2. The average molecular weight is 550 g/mol. The summed E-state index contributed by atoms with van der Waals surface area (Å²) in [5, 5.41) is 8.39. The van der Waals surface area contributed by atoms with E-state index in [4.69, 9.17) is 4.98 Å². The van der Waals surface area contributed by atoms with E-state index in [0.29, 0.717) is 0 Å². The molecule has 0 atom stereocenters. The van der Waals surface area contributed by atoms with Gasteiger partial charge in [0.1, 0.15) is 5.65 Å². The van der Waals surface area contributed by atoms with Crippen molar-refractivity contribution < 1.29 is 0 Å². The summed E-state index contributed by atoms with van der Waals surface area (Å²) in [4.78, 5) is 9.57. The predicted octanol–water partition coefficient (Wildman–Crippen LogP) is 9.23. The van der Waals surface area contributed by atoms with Gasteiger partial charge in [0.25, 0.3) is 0 Å². The van der Waals surface area contributed by atoms with Crippen molar-refractivity contribution in [1.82, 2.24) is 23.5 Å². The Labute approximate surface area is 245 Å². The minimum atomic E-state index is 0.930. The zero-order valence-corrected chi connectivity index (χ0v) is 23.0. The molecule has 0 saturated heterocycles. The van der Waals surface area contributed by atoms with Crippen LogP contribution in [0.4, 0.5) is 0 Å². The molecule has 0 radical (unpaired) electrons. The quantitative estimate of drug-likeness (QED) is 0.202. The lowest BCUT2D eigenvalue weighted by atomic mass is 9.97. The molecule has 0 aliphatic carbocycles. The Morgan fingerprint density at radius 3 is 1.67 bits per heavy atom. The van der Waals surface area contributed by atoms with Crippen molar-refractivity contribution in [3.05, 3.63) is 140 Å². The second-order valence-corrected chi connectivity index (χ2v) is 11.1. The topological polar surface area (TPSA) is 40.1 Å². The highest BCUT2D eigenvalue weighted by Crippen LogP contribution is 2.49. The van der Waals surface area contributed by atoms with E-state index in [1.54, 1.807) is 0 Å². The number of hydrogen-bond donors (Lipinski definition) is 0. The summed E-state index contributed by atoms with van der Waals surface area (Å²) in [6, 6.07) is 41.2. The molecule has 5 nitrogen and oxygen atoms in total. The van der Waals surface area contributed by atoms with Crippen LogP contribution in [0.3, 0.4) is 0 Å². The Morgan fingerprint density at radius 2 is 1.00 bits per heavy atom. The molecule has 5 heterocycles. The molecule has 10 rings (SSSR count). The van der Waals surface area contributed by atoms with Crippen LogP contribution in [-0.4, -0.2) is 23.5 Å². The smallest absolute Gasteiger partial charge is 0.147 e. The lowest BCUT2D eigenvalue weighted by molar-refractivity contribution is 1.18. The van der Waals surface area contributed by atoms with Gasteiger partial charge >= 0.3 is 0 Å². The standard InChI is InChI=1S/C38H23N5/c1-3-11-24(12-4-1)42-29-17-9-7-15-26(29)33-32-28-19-20-39-23-31(28)41-22-21-40-38(41)35(32)37-34(36(33)42)27-16-8-10-18-30(27)43(37)25-13-5-2-6-14-25/h1-23H. The van der Waals surface area contributed by atoms with Crippen LogP contribution in [0.25, 0.3) is 82.3 Å². The third-order valence-corrected chi connectivity index (χ3v) is 8.95. The Hall–Kier alpha value is -5.94. The summed E-state index contributed by atoms with van der Waals surface area (Å²) >= 11 is 0. The van der Waals surface area contributed by atoms with Crippen molar-refractivity contribution in [2.24, 2.45) is 0 Å². The first-order valence-corrected chi connectivity index (χ1v) is 14.5. The molecule has 0 aliphatic rings. The first-order chi connectivity index (χ1) is 21.4. The van der Waals surface area contributed by atoms with Crippen molar-refractivity contribution in [3.63, 3.8) is 0 Å². The molecule has 0 N–H and O–H groups in total. The van der Waals surface area contributed by atoms with Crippen LogP contribution in [0, 0.1) is 0 Å². The zero-order valence-electron chi connectivity index (χ0n) is 23.0. The maximum atomic E-state index is 5.02. The minimum absolute atomic E-state index is 0.930. The summed E-state index contributed by atoms with van der Waals surface area (Å²) in [7, 11) is 0. The van der Waals surface area contributed by atoms with Crippen LogP contribution < -0.4 is 0 Å². The van der Waals surface area contributed by atoms with Crippen LogP contribution >= 0.6 is 0 Å². The van der Waals surface area contributed by atoms with Gasteiger partial charge in [0.2, 0.25) is 0 Å². The second kappa shape index (κ2) is 8.30. The van der Waals surface area contributed by atoms with Crippen LogP contribution in [-0.2, 0) is 0 Å². The van der Waals surface area contributed by atoms with Gasteiger partial charge in [-0.25, -0.2) is 4.98 Å². The van der Waals surface area contributed by atoms with E-state index >= 15 is 0 Å². The summed E-state index contributed by atoms with van der Waals surface area (Å²) in [6.45, 7) is 0. The molecule has 0 bridgehead atoms. The Balaban J connectivity index is 1.66. The second-order valence-electron chi connectivity index (χ2n) is 11.1. The van der Waals surface area contributed by atoms with Crippen molar-refractivity contribution in [1.29, 1.82) is 0 Å². The lowest BCUT2D eigenvalue weighted by Gasteiger charge is -2.15. The maximum Gasteiger partial charge on any atom is 0.147 e. The van der Waals surface area contributed by atoms with Crippen molar-refractivity contribution >= 4 is 70.9 Å².